The molecule has 7 heteroatoms. The molecule has 0 aromatic carbocycles. The molecule has 1 fully saturated rings. The van der Waals surface area contributed by atoms with Crippen molar-refractivity contribution in [3.63, 3.8) is 0 Å². The first-order valence-corrected chi connectivity index (χ1v) is 8.02. The summed E-state index contributed by atoms with van der Waals surface area (Å²) in [7, 11) is 1.52. The summed E-state index contributed by atoms with van der Waals surface area (Å²) < 4.78 is 1.97. The second kappa shape index (κ2) is 6.64. The maximum absolute atomic E-state index is 12.5. The number of carbonyl (C=O) groups excluding carboxylic acids is 1. The molecule has 1 saturated carbocycles. The summed E-state index contributed by atoms with van der Waals surface area (Å²) in [6, 6.07) is 2.97. The van der Waals surface area contributed by atoms with Gasteiger partial charge in [0.2, 0.25) is 5.91 Å². The fourth-order valence-corrected chi connectivity index (χ4v) is 3.32. The van der Waals surface area contributed by atoms with E-state index in [-0.39, 0.29) is 18.0 Å². The molecule has 1 N–H and O–H groups in total. The smallest absolute Gasteiger partial charge is 0.329 e. The summed E-state index contributed by atoms with van der Waals surface area (Å²) in [6.45, 7) is -0.163. The van der Waals surface area contributed by atoms with Gasteiger partial charge in [0.25, 0.3) is 5.56 Å². The molecule has 0 radical (unpaired) electrons. The zero-order valence-corrected chi connectivity index (χ0v) is 14.0. The minimum absolute atomic E-state index is 0.163. The van der Waals surface area contributed by atoms with Crippen LogP contribution in [0.2, 0.25) is 0 Å². The van der Waals surface area contributed by atoms with Crippen LogP contribution in [-0.4, -0.2) is 39.0 Å². The van der Waals surface area contributed by atoms with E-state index in [2.05, 4.69) is 15.9 Å². The lowest BCUT2D eigenvalue weighted by atomic mass is 9.80. The number of amides is 1. The summed E-state index contributed by atoms with van der Waals surface area (Å²) in [4.78, 5) is 37.3. The Labute approximate surface area is 136 Å². The van der Waals surface area contributed by atoms with Gasteiger partial charge in [0.15, 0.2) is 0 Å². The highest BCUT2D eigenvalue weighted by molar-refractivity contribution is 9.10. The van der Waals surface area contributed by atoms with Gasteiger partial charge in [0.05, 0.1) is 0 Å². The zero-order chi connectivity index (χ0) is 16.3. The van der Waals surface area contributed by atoms with Gasteiger partial charge in [0, 0.05) is 23.8 Å². The lowest BCUT2D eigenvalue weighted by Crippen LogP contribution is -2.57. The maximum Gasteiger partial charge on any atom is 0.329 e. The number of aliphatic carboxylic acids is 1. The fraction of sp³-hybridized carbons (Fsp3) is 0.533. The van der Waals surface area contributed by atoms with Crippen LogP contribution in [-0.2, 0) is 16.1 Å². The Morgan fingerprint density at radius 1 is 1.32 bits per heavy atom. The fourth-order valence-electron chi connectivity index (χ4n) is 2.95. The Balaban J connectivity index is 2.22. The minimum atomic E-state index is -1.15. The second-order valence-electron chi connectivity index (χ2n) is 5.66. The normalized spacial score (nSPS) is 17.0. The maximum atomic E-state index is 12.5. The Bertz CT molecular complexity index is 635. The van der Waals surface area contributed by atoms with Crippen LogP contribution in [0.1, 0.15) is 32.1 Å². The molecule has 120 valence electrons. The van der Waals surface area contributed by atoms with E-state index < -0.39 is 11.5 Å². The standard InChI is InChI=1S/C15H19BrN2O4/c1-17(15(14(21)22)7-3-2-4-8-15)13(20)10-18-9-11(16)5-6-12(18)19/h5-6,9H,2-4,7-8,10H2,1H3,(H,21,22). The van der Waals surface area contributed by atoms with Crippen LogP contribution in [0.5, 0.6) is 0 Å². The summed E-state index contributed by atoms with van der Waals surface area (Å²) in [5.74, 6) is -1.34. The number of halogens is 1. The highest BCUT2D eigenvalue weighted by atomic mass is 79.9. The van der Waals surface area contributed by atoms with Gasteiger partial charge in [-0.1, -0.05) is 19.3 Å². The van der Waals surface area contributed by atoms with Crippen molar-refractivity contribution >= 4 is 27.8 Å². The van der Waals surface area contributed by atoms with Gasteiger partial charge in [-0.25, -0.2) is 4.79 Å². The van der Waals surface area contributed by atoms with Crippen molar-refractivity contribution in [2.45, 2.75) is 44.2 Å². The lowest BCUT2D eigenvalue weighted by molar-refractivity contribution is -0.160. The largest absolute Gasteiger partial charge is 0.479 e. The van der Waals surface area contributed by atoms with Crippen LogP contribution in [0.3, 0.4) is 0 Å². The summed E-state index contributed by atoms with van der Waals surface area (Å²) in [5, 5.41) is 9.60. The Hall–Kier alpha value is -1.63. The minimum Gasteiger partial charge on any atom is -0.479 e. The van der Waals surface area contributed by atoms with E-state index in [4.69, 9.17) is 0 Å². The van der Waals surface area contributed by atoms with Crippen LogP contribution in [0.25, 0.3) is 0 Å². The molecule has 1 heterocycles. The zero-order valence-electron chi connectivity index (χ0n) is 12.4. The first kappa shape index (κ1) is 16.7. The monoisotopic (exact) mass is 370 g/mol. The molecule has 1 aliphatic rings. The number of aromatic nitrogens is 1. The molecular formula is C15H19BrN2O4. The summed E-state index contributed by atoms with van der Waals surface area (Å²) in [5.41, 5.74) is -1.44. The van der Waals surface area contributed by atoms with Gasteiger partial charge in [-0.05, 0) is 34.8 Å². The van der Waals surface area contributed by atoms with Gasteiger partial charge < -0.3 is 14.6 Å². The molecule has 0 spiro atoms. The number of rotatable bonds is 4. The number of pyridine rings is 1. The van der Waals surface area contributed by atoms with Crippen LogP contribution in [0.4, 0.5) is 0 Å². The van der Waals surface area contributed by atoms with Crippen molar-refractivity contribution in [3.05, 3.63) is 33.2 Å². The topological polar surface area (TPSA) is 79.6 Å². The van der Waals surface area contributed by atoms with Crippen LogP contribution >= 0.6 is 15.9 Å². The molecule has 1 aliphatic carbocycles. The number of carbonyl (C=O) groups is 2. The predicted octanol–water partition coefficient (Wildman–Crippen LogP) is 1.86. The molecule has 6 nitrogen and oxygen atoms in total. The summed E-state index contributed by atoms with van der Waals surface area (Å²) in [6.07, 6.45) is 5.02. The number of carboxylic acids is 1. The number of nitrogens with zero attached hydrogens (tertiary/aromatic N) is 2. The third-order valence-electron chi connectivity index (χ3n) is 4.35. The molecule has 1 aromatic heterocycles. The molecule has 1 amide bonds. The van der Waals surface area contributed by atoms with Crippen molar-refractivity contribution in [1.82, 2.24) is 9.47 Å². The van der Waals surface area contributed by atoms with Gasteiger partial charge in [-0.2, -0.15) is 0 Å². The van der Waals surface area contributed by atoms with Crippen molar-refractivity contribution in [2.24, 2.45) is 0 Å². The highest BCUT2D eigenvalue weighted by Gasteiger charge is 2.45. The Kier molecular flexibility index (Phi) is 5.05. The molecule has 22 heavy (non-hydrogen) atoms. The molecular weight excluding hydrogens is 352 g/mol. The predicted molar refractivity (Wildman–Crippen MR) is 84.6 cm³/mol. The van der Waals surface area contributed by atoms with Crippen molar-refractivity contribution in [1.29, 1.82) is 0 Å². The molecule has 0 bridgehead atoms. The number of likely N-dealkylation sites (N-methyl/N-ethyl adjacent to an activating group) is 1. The van der Waals surface area contributed by atoms with E-state index in [1.807, 2.05) is 0 Å². The second-order valence-corrected chi connectivity index (χ2v) is 6.58. The molecule has 0 atom stereocenters. The Morgan fingerprint density at radius 2 is 1.95 bits per heavy atom. The van der Waals surface area contributed by atoms with Crippen LogP contribution in [0.15, 0.2) is 27.6 Å². The number of hydrogen-bond acceptors (Lipinski definition) is 3. The van der Waals surface area contributed by atoms with Crippen molar-refractivity contribution < 1.29 is 14.7 Å². The molecule has 0 unspecified atom stereocenters. The van der Waals surface area contributed by atoms with E-state index in [0.29, 0.717) is 17.3 Å². The average molecular weight is 371 g/mol. The van der Waals surface area contributed by atoms with Crippen LogP contribution in [0, 0.1) is 0 Å². The highest BCUT2D eigenvalue weighted by Crippen LogP contribution is 2.33. The van der Waals surface area contributed by atoms with Gasteiger partial charge in [0.1, 0.15) is 12.1 Å². The quantitative estimate of drug-likeness (QED) is 0.876. The van der Waals surface area contributed by atoms with Gasteiger partial charge >= 0.3 is 5.97 Å². The van der Waals surface area contributed by atoms with Crippen molar-refractivity contribution in [2.75, 3.05) is 7.05 Å². The van der Waals surface area contributed by atoms with Crippen LogP contribution < -0.4 is 5.56 Å². The van der Waals surface area contributed by atoms with E-state index in [1.165, 1.54) is 28.8 Å². The average Bonchev–Trinajstić information content (AvgIpc) is 2.50. The number of carboxylic acid groups (broad SMARTS) is 1. The molecule has 2 rings (SSSR count). The molecule has 0 saturated heterocycles. The SMILES string of the molecule is CN(C(=O)Cn1cc(Br)ccc1=O)C1(C(=O)O)CCCCC1. The lowest BCUT2D eigenvalue weighted by Gasteiger charge is -2.41. The Morgan fingerprint density at radius 3 is 2.55 bits per heavy atom. The first-order valence-electron chi connectivity index (χ1n) is 7.23. The first-order chi connectivity index (χ1) is 10.4. The van der Waals surface area contributed by atoms with Gasteiger partial charge in [-0.3, -0.25) is 9.59 Å². The third kappa shape index (κ3) is 3.24. The van der Waals surface area contributed by atoms with E-state index in [9.17, 15) is 19.5 Å². The molecule has 0 aliphatic heterocycles. The van der Waals surface area contributed by atoms with E-state index in [0.717, 1.165) is 19.3 Å². The van der Waals surface area contributed by atoms with Gasteiger partial charge in [-0.15, -0.1) is 0 Å². The molecule has 1 aromatic rings. The third-order valence-corrected chi connectivity index (χ3v) is 4.82. The van der Waals surface area contributed by atoms with E-state index >= 15 is 0 Å². The summed E-state index contributed by atoms with van der Waals surface area (Å²) >= 11 is 3.25. The number of hydrogen-bond donors (Lipinski definition) is 1. The van der Waals surface area contributed by atoms with Crippen molar-refractivity contribution in [3.8, 4) is 0 Å². The van der Waals surface area contributed by atoms with E-state index in [1.54, 1.807) is 6.07 Å².